The number of hydrogen-bond donors (Lipinski definition) is 2. The molecule has 0 aliphatic carbocycles. The summed E-state index contributed by atoms with van der Waals surface area (Å²) in [7, 11) is 0. The highest BCUT2D eigenvalue weighted by molar-refractivity contribution is 5.84. The first kappa shape index (κ1) is 14.5. The summed E-state index contributed by atoms with van der Waals surface area (Å²) in [6.45, 7) is 9.28. The Morgan fingerprint density at radius 3 is 2.71 bits per heavy atom. The molecule has 1 amide bonds. The Labute approximate surface area is 104 Å². The van der Waals surface area contributed by atoms with Gasteiger partial charge in [-0.1, -0.05) is 13.8 Å². The molecular weight excluding hydrogens is 216 g/mol. The van der Waals surface area contributed by atoms with Crippen LogP contribution in [0.1, 0.15) is 40.5 Å². The van der Waals surface area contributed by atoms with Crippen LogP contribution in [-0.2, 0) is 9.53 Å². The van der Waals surface area contributed by atoms with Crippen molar-refractivity contribution in [3.8, 4) is 0 Å². The van der Waals surface area contributed by atoms with E-state index >= 15 is 0 Å². The van der Waals surface area contributed by atoms with Crippen LogP contribution in [0.15, 0.2) is 0 Å². The van der Waals surface area contributed by atoms with Gasteiger partial charge in [-0.2, -0.15) is 0 Å². The average molecular weight is 242 g/mol. The minimum Gasteiger partial charge on any atom is -0.378 e. The number of rotatable bonds is 4. The Bertz CT molecular complexity index is 259. The number of nitrogens with one attached hydrogen (secondary N) is 1. The number of hydrogen-bond acceptors (Lipinski definition) is 3. The lowest BCUT2D eigenvalue weighted by atomic mass is 9.87. The number of nitrogens with two attached hydrogens (primary N) is 1. The van der Waals surface area contributed by atoms with E-state index in [2.05, 4.69) is 19.2 Å². The average Bonchev–Trinajstić information content (AvgIpc) is 2.24. The third kappa shape index (κ3) is 4.28. The van der Waals surface area contributed by atoms with Gasteiger partial charge in [0, 0.05) is 19.1 Å². The van der Waals surface area contributed by atoms with Gasteiger partial charge in [0.15, 0.2) is 0 Å². The first-order valence-electron chi connectivity index (χ1n) is 6.51. The maximum Gasteiger partial charge on any atom is 0.239 e. The molecule has 17 heavy (non-hydrogen) atoms. The van der Waals surface area contributed by atoms with Crippen LogP contribution < -0.4 is 11.1 Å². The zero-order valence-corrected chi connectivity index (χ0v) is 11.5. The highest BCUT2D eigenvalue weighted by Gasteiger charge is 2.30. The first-order valence-corrected chi connectivity index (χ1v) is 6.51. The van der Waals surface area contributed by atoms with E-state index in [-0.39, 0.29) is 12.0 Å². The van der Waals surface area contributed by atoms with E-state index in [0.717, 1.165) is 19.4 Å². The number of carbonyl (C=O) groups is 1. The summed E-state index contributed by atoms with van der Waals surface area (Å²) < 4.78 is 5.79. The van der Waals surface area contributed by atoms with Crippen molar-refractivity contribution < 1.29 is 9.53 Å². The number of carbonyl (C=O) groups excluding carboxylic acids is 1. The van der Waals surface area contributed by atoms with Crippen molar-refractivity contribution in [2.24, 2.45) is 17.6 Å². The van der Waals surface area contributed by atoms with Crippen molar-refractivity contribution in [1.82, 2.24) is 5.32 Å². The lowest BCUT2D eigenvalue weighted by molar-refractivity contribution is -0.126. The maximum atomic E-state index is 11.7. The van der Waals surface area contributed by atoms with Crippen molar-refractivity contribution >= 4 is 5.91 Å². The summed E-state index contributed by atoms with van der Waals surface area (Å²) in [6.07, 6.45) is 2.45. The molecule has 3 N–H and O–H groups in total. The van der Waals surface area contributed by atoms with E-state index in [0.29, 0.717) is 18.4 Å². The smallest absolute Gasteiger partial charge is 0.239 e. The van der Waals surface area contributed by atoms with Crippen LogP contribution in [0, 0.1) is 11.8 Å². The molecule has 2 atom stereocenters. The summed E-state index contributed by atoms with van der Waals surface area (Å²) in [5.41, 5.74) is 4.94. The van der Waals surface area contributed by atoms with E-state index in [4.69, 9.17) is 10.5 Å². The molecule has 0 aromatic carbocycles. The lowest BCUT2D eigenvalue weighted by Crippen LogP contribution is -2.51. The van der Waals surface area contributed by atoms with E-state index in [1.54, 1.807) is 13.8 Å². The second-order valence-corrected chi connectivity index (χ2v) is 5.91. The van der Waals surface area contributed by atoms with Crippen molar-refractivity contribution in [2.75, 3.05) is 13.2 Å². The van der Waals surface area contributed by atoms with E-state index in [1.807, 2.05) is 0 Å². The fourth-order valence-electron chi connectivity index (χ4n) is 2.27. The molecule has 1 heterocycles. The van der Waals surface area contributed by atoms with Gasteiger partial charge < -0.3 is 15.8 Å². The SMILES string of the molecule is CC(C)C1OCCCC1CNC(=O)C(C)(C)N. The molecule has 0 aromatic rings. The molecule has 1 fully saturated rings. The molecule has 2 unspecified atom stereocenters. The van der Waals surface area contributed by atoms with Crippen LogP contribution in [0.4, 0.5) is 0 Å². The van der Waals surface area contributed by atoms with Gasteiger partial charge in [0.2, 0.25) is 5.91 Å². The normalized spacial score (nSPS) is 26.0. The molecule has 0 spiro atoms. The molecule has 4 nitrogen and oxygen atoms in total. The van der Waals surface area contributed by atoms with Crippen LogP contribution in [0.5, 0.6) is 0 Å². The van der Waals surface area contributed by atoms with Gasteiger partial charge in [-0.3, -0.25) is 4.79 Å². The van der Waals surface area contributed by atoms with Gasteiger partial charge in [0.25, 0.3) is 0 Å². The largest absolute Gasteiger partial charge is 0.378 e. The molecule has 100 valence electrons. The van der Waals surface area contributed by atoms with Gasteiger partial charge in [-0.25, -0.2) is 0 Å². The fraction of sp³-hybridized carbons (Fsp3) is 0.923. The lowest BCUT2D eigenvalue weighted by Gasteiger charge is -2.35. The number of ether oxygens (including phenoxy) is 1. The van der Waals surface area contributed by atoms with Crippen molar-refractivity contribution in [1.29, 1.82) is 0 Å². The summed E-state index contributed by atoms with van der Waals surface area (Å²) in [4.78, 5) is 11.7. The highest BCUT2D eigenvalue weighted by atomic mass is 16.5. The standard InChI is InChI=1S/C13H26N2O2/c1-9(2)11-10(6-5-7-17-11)8-15-12(16)13(3,4)14/h9-11H,5-8,14H2,1-4H3,(H,15,16). The highest BCUT2D eigenvalue weighted by Crippen LogP contribution is 2.25. The van der Waals surface area contributed by atoms with Crippen LogP contribution in [0.3, 0.4) is 0 Å². The molecular formula is C13H26N2O2. The molecule has 0 radical (unpaired) electrons. The van der Waals surface area contributed by atoms with E-state index in [9.17, 15) is 4.79 Å². The van der Waals surface area contributed by atoms with Crippen LogP contribution in [-0.4, -0.2) is 30.7 Å². The Hall–Kier alpha value is -0.610. The quantitative estimate of drug-likeness (QED) is 0.781. The minimum atomic E-state index is -0.803. The molecule has 1 rings (SSSR count). The summed E-state index contributed by atoms with van der Waals surface area (Å²) in [5, 5.41) is 2.93. The monoisotopic (exact) mass is 242 g/mol. The zero-order chi connectivity index (χ0) is 13.1. The second kappa shape index (κ2) is 5.83. The van der Waals surface area contributed by atoms with Gasteiger partial charge in [0.05, 0.1) is 11.6 Å². The third-order valence-electron chi connectivity index (χ3n) is 3.26. The molecule has 1 saturated heterocycles. The van der Waals surface area contributed by atoms with Gasteiger partial charge >= 0.3 is 0 Å². The predicted octanol–water partition coefficient (Wildman–Crippen LogP) is 1.29. The third-order valence-corrected chi connectivity index (χ3v) is 3.26. The van der Waals surface area contributed by atoms with Crippen molar-refractivity contribution in [2.45, 2.75) is 52.2 Å². The second-order valence-electron chi connectivity index (χ2n) is 5.91. The number of amides is 1. The summed E-state index contributed by atoms with van der Waals surface area (Å²) >= 11 is 0. The molecule has 1 aliphatic rings. The fourth-order valence-corrected chi connectivity index (χ4v) is 2.27. The molecule has 4 heteroatoms. The molecule has 0 saturated carbocycles. The zero-order valence-electron chi connectivity index (χ0n) is 11.5. The predicted molar refractivity (Wildman–Crippen MR) is 68.6 cm³/mol. The summed E-state index contributed by atoms with van der Waals surface area (Å²) in [5.74, 6) is 0.809. The van der Waals surface area contributed by atoms with Crippen molar-refractivity contribution in [3.05, 3.63) is 0 Å². The van der Waals surface area contributed by atoms with Crippen molar-refractivity contribution in [3.63, 3.8) is 0 Å². The van der Waals surface area contributed by atoms with Crippen LogP contribution >= 0.6 is 0 Å². The first-order chi connectivity index (χ1) is 7.82. The maximum absolute atomic E-state index is 11.7. The Morgan fingerprint density at radius 1 is 1.53 bits per heavy atom. The van der Waals surface area contributed by atoms with E-state index in [1.165, 1.54) is 0 Å². The molecule has 0 bridgehead atoms. The van der Waals surface area contributed by atoms with Gasteiger partial charge in [-0.15, -0.1) is 0 Å². The molecule has 0 aromatic heterocycles. The van der Waals surface area contributed by atoms with Crippen LogP contribution in [0.2, 0.25) is 0 Å². The topological polar surface area (TPSA) is 64.3 Å². The summed E-state index contributed by atoms with van der Waals surface area (Å²) in [6, 6.07) is 0. The minimum absolute atomic E-state index is 0.0921. The molecule has 1 aliphatic heterocycles. The van der Waals surface area contributed by atoms with Gasteiger partial charge in [0.1, 0.15) is 0 Å². The Morgan fingerprint density at radius 2 is 2.18 bits per heavy atom. The Balaban J connectivity index is 2.46. The Kier molecular flexibility index (Phi) is 4.95. The van der Waals surface area contributed by atoms with Gasteiger partial charge in [-0.05, 0) is 32.6 Å². The van der Waals surface area contributed by atoms with Crippen LogP contribution in [0.25, 0.3) is 0 Å². The van der Waals surface area contributed by atoms with E-state index < -0.39 is 5.54 Å².